The second-order valence-electron chi connectivity index (χ2n) is 31.9. The molecule has 0 saturated carbocycles. The van der Waals surface area contributed by atoms with E-state index >= 15 is 0 Å². The highest BCUT2D eigenvalue weighted by molar-refractivity contribution is 6.03. The van der Waals surface area contributed by atoms with Crippen LogP contribution in [0.25, 0.3) is 0 Å². The summed E-state index contributed by atoms with van der Waals surface area (Å²) in [5.41, 5.74) is 46.3. The largest absolute Gasteiger partial charge is 0.428 e. The number of amides is 6. The van der Waals surface area contributed by atoms with Gasteiger partial charge in [0.05, 0.1) is 74.8 Å². The molecule has 0 heterocycles. The number of esters is 8. The first-order valence-electron chi connectivity index (χ1n) is 44.8. The molecular formula is C95H138N18O26+4. The van der Waals surface area contributed by atoms with Crippen LogP contribution >= 0.6 is 0 Å². The van der Waals surface area contributed by atoms with Crippen molar-refractivity contribution in [1.82, 2.24) is 31.9 Å². The van der Waals surface area contributed by atoms with Crippen LogP contribution in [-0.4, -0.2) is 220 Å². The Balaban J connectivity index is 0.000000933. The van der Waals surface area contributed by atoms with Crippen molar-refractivity contribution in [1.29, 1.82) is 0 Å². The van der Waals surface area contributed by atoms with Crippen molar-refractivity contribution < 1.29 is 144 Å². The molecule has 10 unspecified atom stereocenters. The Labute approximate surface area is 807 Å². The molecule has 4 aromatic rings. The summed E-state index contributed by atoms with van der Waals surface area (Å²) in [6.45, 7) is 11.2. The van der Waals surface area contributed by atoms with Crippen molar-refractivity contribution in [3.63, 3.8) is 0 Å². The van der Waals surface area contributed by atoms with E-state index in [2.05, 4.69) is 65.0 Å². The van der Waals surface area contributed by atoms with E-state index < -0.39 is 226 Å². The number of hydrogen-bond donors (Lipinski definition) is 18. The number of ketones is 4. The molecule has 0 aliphatic heterocycles. The Hall–Kier alpha value is -15.3. The normalized spacial score (nSPS) is 12.6. The minimum Gasteiger partial charge on any atom is -0.428 e. The maximum atomic E-state index is 13.8. The number of rotatable bonds is 66. The van der Waals surface area contributed by atoms with E-state index in [0.717, 1.165) is 11.1 Å². The highest BCUT2D eigenvalue weighted by Crippen LogP contribution is 2.22. The molecule has 44 nitrogen and oxygen atoms in total. The lowest BCUT2D eigenvalue weighted by molar-refractivity contribution is -0.460. The molecule has 4 rings (SSSR count). The fourth-order valence-electron chi connectivity index (χ4n) is 13.4. The van der Waals surface area contributed by atoms with Gasteiger partial charge in [-0.3, -0.25) is 133 Å². The number of carbonyl (C=O) groups excluding carboxylic acids is 18. The first-order valence-corrected chi connectivity index (χ1v) is 44.8. The van der Waals surface area contributed by atoms with E-state index in [9.17, 15) is 86.3 Å². The van der Waals surface area contributed by atoms with Crippen molar-refractivity contribution in [2.45, 2.75) is 213 Å². The van der Waals surface area contributed by atoms with Gasteiger partial charge >= 0.3 is 71.6 Å². The van der Waals surface area contributed by atoms with Crippen LogP contribution in [0.5, 0.6) is 0 Å². The Morgan fingerprint density at radius 2 is 0.540 bits per heavy atom. The average Bonchev–Trinajstić information content (AvgIpc) is 0.884. The van der Waals surface area contributed by atoms with Crippen LogP contribution in [0.3, 0.4) is 0 Å². The predicted molar refractivity (Wildman–Crippen MR) is 504 cm³/mol. The topological polar surface area (TPSA) is 717 Å². The maximum absolute atomic E-state index is 13.8. The summed E-state index contributed by atoms with van der Waals surface area (Å²) in [7, 11) is 0. The quantitative estimate of drug-likeness (QED) is 0.00286. The minimum absolute atomic E-state index is 0. The monoisotopic (exact) mass is 1950 g/mol. The zero-order valence-corrected chi connectivity index (χ0v) is 78.3. The summed E-state index contributed by atoms with van der Waals surface area (Å²) in [6.07, 6.45) is 2.31. The zero-order valence-electron chi connectivity index (χ0n) is 78.3. The van der Waals surface area contributed by atoms with E-state index in [1.165, 1.54) is 26.0 Å². The molecule has 4 aromatic carbocycles. The lowest BCUT2D eigenvalue weighted by atomic mass is 9.91. The van der Waals surface area contributed by atoms with Gasteiger partial charge in [0.15, 0.2) is 11.6 Å². The standard InChI is InChI=1S/C53H59N3O13.C41H71N15O13.CH4/c1-4-18-43(46(58)32-42(29-38-21-12-7-13-22-38)51(63)67-34-66-50(62)41(5-2)28-37-19-10-6-11-20-37)54-48(60)33-49(61)56-45(31-40-25-16-9-17-26-40)53(65)69-35-68-52(64)44(55-47(59)27-36(3)57)30-39-23-14-8-15-24-39;1-4-10-27(30(58)20-26(12-7-16-51-39(44)45)35(63)67-22-66-34(62)25(5-2)11-6-15-50-38(42)43)54-32(60)21-33(61)56-29(14-9-18-53-41(48)49)37(65)69-23-68-36(64)28(13-8-17-52-40(46)47)55-31(59)19-24(3)57;/h4,6-17,19-26,41-45H,1,5,18,27-35H2,2-3H3,(H,54,60)(H,55,59)(H,56,61);4,25-29H,1,5-23H2,2-3H3,(H,54,60)(H,55,59)(H,56,61)(H4,42,43,50)(H4,44,45,51)(H4,46,47,52)(H4,48,49,53);1H4/p+4. The third-order valence-electron chi connectivity index (χ3n) is 20.3. The van der Waals surface area contributed by atoms with Gasteiger partial charge in [0, 0.05) is 25.7 Å². The molecule has 0 aliphatic rings. The molecule has 44 heteroatoms. The molecule has 760 valence electrons. The molecular weight excluding hydrogens is 1810 g/mol. The SMILES string of the molecule is C.C=CCC(NC(=O)CC(=O)NC(CCC[NH+]=C(N)N)C(=O)OCOC(=O)C(CCC[NH+]=C(N)N)NC(=O)CC(C)=O)C(=O)CC(CCC[NH+]=C(N)N)C(=O)OCOC(=O)C(CC)CCC[NH+]=C(N)N.C=CCC(NC(=O)CC(=O)NC(Cc1ccccc1)C(=O)OCOC(=O)C(Cc1ccccc1)NC(=O)CC(C)=O)C(=O)CC(Cc1ccccc1)C(=O)OCOC(=O)C(CC)Cc1ccccc1. The van der Waals surface area contributed by atoms with Crippen molar-refractivity contribution in [3.05, 3.63) is 169 Å². The summed E-state index contributed by atoms with van der Waals surface area (Å²) in [5.74, 6) is -17.2. The fourth-order valence-corrected chi connectivity index (χ4v) is 13.4. The molecule has 0 radical (unpaired) electrons. The van der Waals surface area contributed by atoms with Crippen LogP contribution in [-0.2, 0) is 150 Å². The van der Waals surface area contributed by atoms with Gasteiger partial charge in [0.25, 0.3) is 0 Å². The Morgan fingerprint density at radius 1 is 0.302 bits per heavy atom. The summed E-state index contributed by atoms with van der Waals surface area (Å²) in [4.78, 5) is 244. The molecule has 139 heavy (non-hydrogen) atoms. The zero-order chi connectivity index (χ0) is 102. The number of Topliss-reactive ketones (excluding diaryl/α,β-unsaturated/α-hetero) is 4. The summed E-state index contributed by atoms with van der Waals surface area (Å²) < 4.78 is 41.8. The first kappa shape index (κ1) is 120. The van der Waals surface area contributed by atoms with E-state index in [1.807, 2.05) is 37.3 Å². The van der Waals surface area contributed by atoms with Gasteiger partial charge in [-0.15, -0.1) is 13.2 Å². The van der Waals surface area contributed by atoms with E-state index in [1.54, 1.807) is 97.9 Å². The van der Waals surface area contributed by atoms with Gasteiger partial charge in [-0.2, -0.15) is 0 Å². The van der Waals surface area contributed by atoms with Crippen LogP contribution in [0.4, 0.5) is 0 Å². The highest BCUT2D eigenvalue weighted by Gasteiger charge is 2.35. The molecule has 26 N–H and O–H groups in total. The van der Waals surface area contributed by atoms with Crippen molar-refractivity contribution in [3.8, 4) is 0 Å². The summed E-state index contributed by atoms with van der Waals surface area (Å²) in [6, 6.07) is 27.9. The van der Waals surface area contributed by atoms with Crippen LogP contribution in [0.15, 0.2) is 147 Å². The Morgan fingerprint density at radius 3 is 0.842 bits per heavy atom. The van der Waals surface area contributed by atoms with Crippen molar-refractivity contribution >= 4 is 130 Å². The maximum Gasteiger partial charge on any atom is 0.338 e. The van der Waals surface area contributed by atoms with Gasteiger partial charge in [0.2, 0.25) is 62.6 Å². The van der Waals surface area contributed by atoms with Gasteiger partial charge in [0.1, 0.15) is 48.6 Å². The van der Waals surface area contributed by atoms with Crippen LogP contribution in [0.2, 0.25) is 0 Å². The fraction of sp³-hybridized carbons (Fsp3) is 0.474. The molecule has 0 aromatic heterocycles. The first-order chi connectivity index (χ1) is 65.8. The molecule has 0 aliphatic carbocycles. The lowest BCUT2D eigenvalue weighted by Gasteiger charge is -2.21. The number of nitrogens with one attached hydrogen (secondary N) is 10. The predicted octanol–water partition coefficient (Wildman–Crippen LogP) is -5.71. The average molecular weight is 1950 g/mol. The van der Waals surface area contributed by atoms with Crippen molar-refractivity contribution in [2.75, 3.05) is 53.4 Å². The van der Waals surface area contributed by atoms with E-state index in [-0.39, 0.29) is 122 Å². The van der Waals surface area contributed by atoms with E-state index in [0.29, 0.717) is 56.2 Å². The van der Waals surface area contributed by atoms with Crippen molar-refractivity contribution in [2.24, 2.45) is 69.5 Å². The number of guanidine groups is 4. The molecule has 0 bridgehead atoms. The number of ether oxygens (including phenoxy) is 8. The third kappa shape index (κ3) is 53.6. The summed E-state index contributed by atoms with van der Waals surface area (Å²) >= 11 is 0. The second-order valence-corrected chi connectivity index (χ2v) is 31.9. The van der Waals surface area contributed by atoms with Gasteiger partial charge in [-0.1, -0.05) is 155 Å². The third-order valence-corrected chi connectivity index (χ3v) is 20.3. The number of benzene rings is 4. The van der Waals surface area contributed by atoms with Gasteiger partial charge < -0.3 is 69.8 Å². The number of carbonyl (C=O) groups is 18. The van der Waals surface area contributed by atoms with E-state index in [4.69, 9.17) is 83.8 Å². The molecule has 0 spiro atoms. The molecule has 0 saturated heterocycles. The van der Waals surface area contributed by atoms with Crippen LogP contribution < -0.4 is 97.7 Å². The van der Waals surface area contributed by atoms with Crippen LogP contribution in [0.1, 0.15) is 173 Å². The highest BCUT2D eigenvalue weighted by atomic mass is 16.7. The molecule has 10 atom stereocenters. The summed E-state index contributed by atoms with van der Waals surface area (Å²) in [5, 5.41) is 14.7. The molecule has 0 fully saturated rings. The number of hydrogen-bond acceptors (Lipinski definition) is 26. The van der Waals surface area contributed by atoms with Gasteiger partial charge in [-0.25, -0.2) is 19.2 Å². The molecule has 6 amide bonds. The smallest absolute Gasteiger partial charge is 0.338 e. The number of nitrogens with two attached hydrogens (primary N) is 8. The lowest BCUT2D eigenvalue weighted by Crippen LogP contribution is -2.78. The van der Waals surface area contributed by atoms with Gasteiger partial charge in [-0.05, 0) is 126 Å². The Bertz CT molecular complexity index is 4780. The minimum atomic E-state index is -1.40. The van der Waals surface area contributed by atoms with Crippen LogP contribution in [0, 0.1) is 23.7 Å². The Kier molecular flexibility index (Phi) is 59.2. The second kappa shape index (κ2) is 68.7.